The molecule has 1 atom stereocenters. The van der Waals surface area contributed by atoms with Crippen LogP contribution in [0.25, 0.3) is 11.3 Å². The summed E-state index contributed by atoms with van der Waals surface area (Å²) in [6, 6.07) is 3.77. The van der Waals surface area contributed by atoms with Crippen molar-refractivity contribution in [2.45, 2.75) is 31.9 Å². The predicted octanol–water partition coefficient (Wildman–Crippen LogP) is 1.56. The van der Waals surface area contributed by atoms with Gasteiger partial charge in [-0.05, 0) is 32.4 Å². The van der Waals surface area contributed by atoms with E-state index >= 15 is 0 Å². The molecule has 0 spiro atoms. The number of ether oxygens (including phenoxy) is 1. The molecule has 2 aromatic rings. The Morgan fingerprint density at radius 2 is 2.19 bits per heavy atom. The van der Waals surface area contributed by atoms with Crippen molar-refractivity contribution in [3.8, 4) is 11.3 Å². The fourth-order valence-corrected chi connectivity index (χ4v) is 3.19. The Balaban J connectivity index is 0.00000210. The maximum absolute atomic E-state index is 12.0. The lowest BCUT2D eigenvalue weighted by Gasteiger charge is -2.33. The third-order valence-electron chi connectivity index (χ3n) is 4.63. The summed E-state index contributed by atoms with van der Waals surface area (Å²) in [5, 5.41) is 12.8. The number of carbonyl (C=O) groups is 1. The molecular formula is C18H23N5O3. The molecule has 2 aromatic heterocycles. The van der Waals surface area contributed by atoms with E-state index in [0.717, 1.165) is 12.0 Å². The average Bonchev–Trinajstić information content (AvgIpc) is 3.14. The molecule has 2 aliphatic rings. The second-order valence-corrected chi connectivity index (χ2v) is 7.11. The second kappa shape index (κ2) is 6.30. The topological polar surface area (TPSA) is 100 Å². The summed E-state index contributed by atoms with van der Waals surface area (Å²) in [5.41, 5.74) is 1.06. The van der Waals surface area contributed by atoms with Crippen molar-refractivity contribution < 1.29 is 16.1 Å². The van der Waals surface area contributed by atoms with Crippen LogP contribution < -0.4 is 10.2 Å². The van der Waals surface area contributed by atoms with Gasteiger partial charge in [-0.3, -0.25) is 9.78 Å². The molecule has 0 radical (unpaired) electrons. The highest BCUT2D eigenvalue weighted by molar-refractivity contribution is 5.99. The van der Waals surface area contributed by atoms with Gasteiger partial charge in [0.05, 0.1) is 36.8 Å². The van der Waals surface area contributed by atoms with Gasteiger partial charge in [-0.1, -0.05) is 0 Å². The van der Waals surface area contributed by atoms with Gasteiger partial charge in [-0.25, -0.2) is 9.97 Å². The Labute approximate surface area is 152 Å². The fraction of sp³-hybridized carbons (Fsp3) is 0.444. The SMILES string of the molecule is CC(C)(O)c1ccc(-c2cnc3c(n2)N([C@@H]2CCOC2)CC(=O)N3)cn1.[HH]. The van der Waals surface area contributed by atoms with Crippen LogP contribution in [0.1, 0.15) is 27.4 Å². The van der Waals surface area contributed by atoms with E-state index in [0.29, 0.717) is 36.2 Å². The normalized spacial score (nSPS) is 20.0. The summed E-state index contributed by atoms with van der Waals surface area (Å²) in [7, 11) is 0. The molecule has 4 rings (SSSR count). The van der Waals surface area contributed by atoms with E-state index in [-0.39, 0.29) is 19.9 Å². The molecule has 0 aromatic carbocycles. The quantitative estimate of drug-likeness (QED) is 0.860. The Morgan fingerprint density at radius 3 is 2.85 bits per heavy atom. The zero-order chi connectivity index (χ0) is 18.3. The molecule has 8 nitrogen and oxygen atoms in total. The highest BCUT2D eigenvalue weighted by atomic mass is 16.5. The monoisotopic (exact) mass is 357 g/mol. The minimum atomic E-state index is -0.996. The Hall–Kier alpha value is -2.58. The minimum Gasteiger partial charge on any atom is -0.384 e. The van der Waals surface area contributed by atoms with E-state index in [2.05, 4.69) is 15.3 Å². The molecule has 2 aliphatic heterocycles. The first-order valence-corrected chi connectivity index (χ1v) is 8.62. The summed E-state index contributed by atoms with van der Waals surface area (Å²) >= 11 is 0. The van der Waals surface area contributed by atoms with Crippen molar-refractivity contribution in [1.29, 1.82) is 0 Å². The van der Waals surface area contributed by atoms with Gasteiger partial charge in [0.1, 0.15) is 5.60 Å². The van der Waals surface area contributed by atoms with Crippen molar-refractivity contribution >= 4 is 17.5 Å². The van der Waals surface area contributed by atoms with Gasteiger partial charge in [-0.2, -0.15) is 0 Å². The van der Waals surface area contributed by atoms with Gasteiger partial charge in [0.15, 0.2) is 11.6 Å². The zero-order valence-electron chi connectivity index (χ0n) is 14.8. The molecule has 138 valence electrons. The number of hydrogen-bond donors (Lipinski definition) is 2. The maximum atomic E-state index is 12.0. The van der Waals surface area contributed by atoms with Crippen LogP contribution in [0.5, 0.6) is 0 Å². The fourth-order valence-electron chi connectivity index (χ4n) is 3.19. The molecule has 0 unspecified atom stereocenters. The molecule has 0 saturated carbocycles. The Morgan fingerprint density at radius 1 is 1.35 bits per heavy atom. The third-order valence-corrected chi connectivity index (χ3v) is 4.63. The van der Waals surface area contributed by atoms with Crippen molar-refractivity contribution in [3.63, 3.8) is 0 Å². The van der Waals surface area contributed by atoms with Crippen molar-refractivity contribution in [2.75, 3.05) is 30.0 Å². The standard InChI is InChI=1S/C18H21N5O3.H2/c1-18(2,25)14-4-3-11(7-19-14)13-8-20-16-17(21-13)23(9-15(24)22-16)12-5-6-26-10-12;/h3-4,7-8,12,25H,5-6,9-10H2,1-2H3,(H,20,22,24);1H/t12-;/m1./s1. The predicted molar refractivity (Wildman–Crippen MR) is 97.8 cm³/mol. The van der Waals surface area contributed by atoms with E-state index in [1.807, 2.05) is 11.0 Å². The van der Waals surface area contributed by atoms with Gasteiger partial charge in [0, 0.05) is 19.8 Å². The first kappa shape index (κ1) is 16.9. The Bertz CT molecular complexity index is 832. The molecule has 1 saturated heterocycles. The molecule has 1 amide bonds. The molecule has 4 heterocycles. The van der Waals surface area contributed by atoms with Crippen LogP contribution in [0.2, 0.25) is 0 Å². The van der Waals surface area contributed by atoms with Gasteiger partial charge >= 0.3 is 0 Å². The molecule has 1 fully saturated rings. The lowest BCUT2D eigenvalue weighted by Crippen LogP contribution is -2.45. The zero-order valence-corrected chi connectivity index (χ0v) is 14.8. The van der Waals surface area contributed by atoms with Gasteiger partial charge < -0.3 is 20.1 Å². The van der Waals surface area contributed by atoms with Crippen LogP contribution in [0.4, 0.5) is 11.6 Å². The number of fused-ring (bicyclic) bond motifs is 1. The Kier molecular flexibility index (Phi) is 4.08. The first-order valence-electron chi connectivity index (χ1n) is 8.62. The molecule has 0 bridgehead atoms. The van der Waals surface area contributed by atoms with Crippen LogP contribution in [0.3, 0.4) is 0 Å². The van der Waals surface area contributed by atoms with Gasteiger partial charge in [0.25, 0.3) is 0 Å². The van der Waals surface area contributed by atoms with Crippen molar-refractivity contribution in [1.82, 2.24) is 15.0 Å². The highest BCUT2D eigenvalue weighted by Crippen LogP contribution is 2.31. The van der Waals surface area contributed by atoms with Crippen LogP contribution in [-0.2, 0) is 15.1 Å². The highest BCUT2D eigenvalue weighted by Gasteiger charge is 2.32. The van der Waals surface area contributed by atoms with Gasteiger partial charge in [-0.15, -0.1) is 0 Å². The third kappa shape index (κ3) is 3.13. The molecule has 8 heteroatoms. The number of anilines is 2. The van der Waals surface area contributed by atoms with E-state index in [4.69, 9.17) is 9.72 Å². The number of carbonyl (C=O) groups excluding carboxylic acids is 1. The van der Waals surface area contributed by atoms with Crippen LogP contribution >= 0.6 is 0 Å². The average molecular weight is 357 g/mol. The van der Waals surface area contributed by atoms with Crippen LogP contribution in [-0.4, -0.2) is 51.8 Å². The lowest BCUT2D eigenvalue weighted by molar-refractivity contribution is -0.115. The molecular weight excluding hydrogens is 334 g/mol. The van der Waals surface area contributed by atoms with Gasteiger partial charge in [0.2, 0.25) is 5.91 Å². The lowest BCUT2D eigenvalue weighted by atomic mass is 10.0. The smallest absolute Gasteiger partial charge is 0.245 e. The largest absolute Gasteiger partial charge is 0.384 e. The maximum Gasteiger partial charge on any atom is 0.245 e. The number of aromatic nitrogens is 3. The molecule has 0 aliphatic carbocycles. The minimum absolute atomic E-state index is 0. The first-order chi connectivity index (χ1) is 12.4. The van der Waals surface area contributed by atoms with Crippen LogP contribution in [0, 0.1) is 0 Å². The number of rotatable bonds is 3. The number of nitrogens with one attached hydrogen (secondary N) is 1. The summed E-state index contributed by atoms with van der Waals surface area (Å²) in [6.07, 6.45) is 4.16. The summed E-state index contributed by atoms with van der Waals surface area (Å²) in [6.45, 7) is 4.90. The number of nitrogens with zero attached hydrogens (tertiary/aromatic N) is 4. The number of hydrogen-bond acceptors (Lipinski definition) is 7. The number of amides is 1. The van der Waals surface area contributed by atoms with Crippen LogP contribution in [0.15, 0.2) is 24.5 Å². The van der Waals surface area contributed by atoms with E-state index in [1.54, 1.807) is 32.3 Å². The van der Waals surface area contributed by atoms with E-state index < -0.39 is 5.60 Å². The summed E-state index contributed by atoms with van der Waals surface area (Å²) in [5.74, 6) is 1.03. The summed E-state index contributed by atoms with van der Waals surface area (Å²) < 4.78 is 5.47. The second-order valence-electron chi connectivity index (χ2n) is 7.11. The van der Waals surface area contributed by atoms with E-state index in [1.165, 1.54) is 0 Å². The van der Waals surface area contributed by atoms with E-state index in [9.17, 15) is 9.90 Å². The van der Waals surface area contributed by atoms with Crippen molar-refractivity contribution in [2.24, 2.45) is 0 Å². The number of aliphatic hydroxyl groups is 1. The molecule has 2 N–H and O–H groups in total. The summed E-state index contributed by atoms with van der Waals surface area (Å²) in [4.78, 5) is 27.4. The van der Waals surface area contributed by atoms with Crippen molar-refractivity contribution in [3.05, 3.63) is 30.2 Å². The molecule has 26 heavy (non-hydrogen) atoms. The number of pyridine rings is 1.